The number of rotatable bonds is 6. The molecular weight excluding hydrogens is 387 g/mol. The second kappa shape index (κ2) is 8.29. The van der Waals surface area contributed by atoms with Crippen molar-refractivity contribution < 1.29 is 4.79 Å². The highest BCUT2D eigenvalue weighted by Gasteiger charge is 2.16. The van der Waals surface area contributed by atoms with E-state index >= 15 is 0 Å². The minimum Gasteiger partial charge on any atom is -0.324 e. The van der Waals surface area contributed by atoms with Crippen LogP contribution in [0.25, 0.3) is 0 Å². The van der Waals surface area contributed by atoms with Crippen molar-refractivity contribution in [3.8, 4) is 0 Å². The summed E-state index contributed by atoms with van der Waals surface area (Å²) in [6.45, 7) is 4.61. The number of hydrogen-bond acceptors (Lipinski definition) is 2. The van der Waals surface area contributed by atoms with Crippen LogP contribution in [-0.4, -0.2) is 12.5 Å². The third kappa shape index (κ3) is 4.81. The molecule has 0 saturated heterocycles. The van der Waals surface area contributed by atoms with Crippen molar-refractivity contribution in [2.75, 3.05) is 11.9 Å². The van der Waals surface area contributed by atoms with Gasteiger partial charge in [0, 0.05) is 9.61 Å². The maximum absolute atomic E-state index is 12.1. The van der Waals surface area contributed by atoms with E-state index in [-0.39, 0.29) is 11.9 Å². The lowest BCUT2D eigenvalue weighted by atomic mass is 9.96. The van der Waals surface area contributed by atoms with Gasteiger partial charge in [-0.2, -0.15) is 0 Å². The number of anilines is 1. The van der Waals surface area contributed by atoms with E-state index in [2.05, 4.69) is 59.2 Å². The fourth-order valence-electron chi connectivity index (χ4n) is 2.36. The molecular formula is C18H21IN2O. The molecule has 0 saturated carbocycles. The molecule has 0 spiro atoms. The van der Waals surface area contributed by atoms with Crippen LogP contribution in [0, 0.1) is 9.49 Å². The van der Waals surface area contributed by atoms with Crippen LogP contribution in [0.1, 0.15) is 25.5 Å². The molecule has 0 heterocycles. The van der Waals surface area contributed by atoms with Crippen LogP contribution in [0.3, 0.4) is 0 Å². The number of carbonyl (C=O) groups is 1. The normalized spacial score (nSPS) is 12.2. The number of benzene rings is 2. The number of halogens is 1. The summed E-state index contributed by atoms with van der Waals surface area (Å²) >= 11 is 2.22. The van der Waals surface area contributed by atoms with Crippen molar-refractivity contribution in [2.45, 2.75) is 19.9 Å². The van der Waals surface area contributed by atoms with Gasteiger partial charge in [-0.1, -0.05) is 56.3 Å². The molecule has 1 atom stereocenters. The van der Waals surface area contributed by atoms with E-state index in [1.54, 1.807) is 0 Å². The van der Waals surface area contributed by atoms with E-state index in [0.717, 1.165) is 9.26 Å². The minimum absolute atomic E-state index is 0.0225. The van der Waals surface area contributed by atoms with E-state index in [9.17, 15) is 4.79 Å². The fraction of sp³-hybridized carbons (Fsp3) is 0.278. The van der Waals surface area contributed by atoms with Gasteiger partial charge >= 0.3 is 0 Å². The Kier molecular flexibility index (Phi) is 6.39. The Bertz CT molecular complexity index is 613. The van der Waals surface area contributed by atoms with Crippen LogP contribution in [0.2, 0.25) is 0 Å². The summed E-state index contributed by atoms with van der Waals surface area (Å²) < 4.78 is 1.04. The van der Waals surface area contributed by atoms with Gasteiger partial charge in [0.1, 0.15) is 0 Å². The van der Waals surface area contributed by atoms with Crippen molar-refractivity contribution >= 4 is 34.2 Å². The predicted molar refractivity (Wildman–Crippen MR) is 99.8 cm³/mol. The number of nitrogens with one attached hydrogen (secondary N) is 2. The van der Waals surface area contributed by atoms with Crippen molar-refractivity contribution in [1.82, 2.24) is 5.32 Å². The topological polar surface area (TPSA) is 41.1 Å². The average molecular weight is 408 g/mol. The van der Waals surface area contributed by atoms with Crippen molar-refractivity contribution in [1.29, 1.82) is 0 Å². The van der Waals surface area contributed by atoms with Gasteiger partial charge in [-0.15, -0.1) is 0 Å². The molecule has 0 aliphatic carbocycles. The molecule has 2 rings (SSSR count). The van der Waals surface area contributed by atoms with Crippen LogP contribution >= 0.6 is 22.6 Å². The summed E-state index contributed by atoms with van der Waals surface area (Å²) in [4.78, 5) is 12.1. The third-order valence-electron chi connectivity index (χ3n) is 3.46. The minimum atomic E-state index is -0.0225. The second-order valence-electron chi connectivity index (χ2n) is 5.54. The predicted octanol–water partition coefficient (Wildman–Crippen LogP) is 4.22. The fourth-order valence-corrected chi connectivity index (χ4v) is 2.88. The first-order valence-corrected chi connectivity index (χ1v) is 8.48. The summed E-state index contributed by atoms with van der Waals surface area (Å²) in [5.74, 6) is 0.387. The number of carbonyl (C=O) groups excluding carboxylic acids is 1. The lowest BCUT2D eigenvalue weighted by molar-refractivity contribution is -0.115. The van der Waals surface area contributed by atoms with E-state index < -0.39 is 0 Å². The van der Waals surface area contributed by atoms with Gasteiger partial charge in [-0.3, -0.25) is 4.79 Å². The van der Waals surface area contributed by atoms with Crippen LogP contribution in [-0.2, 0) is 4.79 Å². The van der Waals surface area contributed by atoms with E-state index in [4.69, 9.17) is 0 Å². The Labute approximate surface area is 145 Å². The van der Waals surface area contributed by atoms with E-state index in [1.807, 2.05) is 42.5 Å². The maximum Gasteiger partial charge on any atom is 0.238 e. The summed E-state index contributed by atoms with van der Waals surface area (Å²) in [7, 11) is 0. The van der Waals surface area contributed by atoms with Crippen molar-refractivity contribution in [2.24, 2.45) is 5.92 Å². The molecule has 2 aromatic rings. The quantitative estimate of drug-likeness (QED) is 0.703. The Hall–Kier alpha value is -1.40. The molecule has 0 aliphatic rings. The molecule has 1 amide bonds. The third-order valence-corrected chi connectivity index (χ3v) is 4.40. The monoisotopic (exact) mass is 408 g/mol. The standard InChI is InChI=1S/C18H21IN2O/c1-13(2)18(14-8-4-3-5-9-14)20-12-17(22)21-16-11-7-6-10-15(16)19/h3-11,13,18,20H,12H2,1-2H3,(H,21,22)/t18-/m1/s1. The van der Waals surface area contributed by atoms with Gasteiger partial charge in [-0.05, 0) is 46.2 Å². The van der Waals surface area contributed by atoms with Gasteiger partial charge < -0.3 is 10.6 Å². The SMILES string of the molecule is CC(C)[C@@H](NCC(=O)Nc1ccccc1I)c1ccccc1. The molecule has 116 valence electrons. The highest BCUT2D eigenvalue weighted by Crippen LogP contribution is 2.21. The molecule has 0 aromatic heterocycles. The molecule has 3 nitrogen and oxygen atoms in total. The molecule has 0 fully saturated rings. The molecule has 0 bridgehead atoms. The van der Waals surface area contributed by atoms with Gasteiger partial charge in [0.2, 0.25) is 5.91 Å². The lowest BCUT2D eigenvalue weighted by Crippen LogP contribution is -2.33. The number of para-hydroxylation sites is 1. The highest BCUT2D eigenvalue weighted by molar-refractivity contribution is 14.1. The van der Waals surface area contributed by atoms with E-state index in [1.165, 1.54) is 5.56 Å². The molecule has 0 radical (unpaired) electrons. The maximum atomic E-state index is 12.1. The first kappa shape index (κ1) is 17.0. The lowest BCUT2D eigenvalue weighted by Gasteiger charge is -2.22. The molecule has 4 heteroatoms. The van der Waals surface area contributed by atoms with E-state index in [0.29, 0.717) is 12.5 Å². The average Bonchev–Trinajstić information content (AvgIpc) is 2.50. The first-order valence-electron chi connectivity index (χ1n) is 7.40. The molecule has 0 aliphatic heterocycles. The van der Waals surface area contributed by atoms with Crippen LogP contribution < -0.4 is 10.6 Å². The Morgan fingerprint density at radius 3 is 2.32 bits per heavy atom. The van der Waals surface area contributed by atoms with Crippen LogP contribution in [0.4, 0.5) is 5.69 Å². The van der Waals surface area contributed by atoms with Crippen LogP contribution in [0.15, 0.2) is 54.6 Å². The van der Waals surface area contributed by atoms with Crippen molar-refractivity contribution in [3.63, 3.8) is 0 Å². The zero-order valence-electron chi connectivity index (χ0n) is 12.8. The zero-order chi connectivity index (χ0) is 15.9. The highest BCUT2D eigenvalue weighted by atomic mass is 127. The smallest absolute Gasteiger partial charge is 0.238 e. The molecule has 0 unspecified atom stereocenters. The van der Waals surface area contributed by atoms with Gasteiger partial charge in [0.25, 0.3) is 0 Å². The molecule has 2 aromatic carbocycles. The zero-order valence-corrected chi connectivity index (χ0v) is 15.0. The van der Waals surface area contributed by atoms with Gasteiger partial charge in [0.05, 0.1) is 12.2 Å². The summed E-state index contributed by atoms with van der Waals surface area (Å²) in [6, 6.07) is 18.2. The Morgan fingerprint density at radius 1 is 1.05 bits per heavy atom. The second-order valence-corrected chi connectivity index (χ2v) is 6.70. The number of amides is 1. The number of hydrogen-bond donors (Lipinski definition) is 2. The van der Waals surface area contributed by atoms with Crippen LogP contribution in [0.5, 0.6) is 0 Å². The Morgan fingerprint density at radius 2 is 1.68 bits per heavy atom. The molecule has 2 N–H and O–H groups in total. The summed E-state index contributed by atoms with van der Waals surface area (Å²) in [5, 5.41) is 6.31. The summed E-state index contributed by atoms with van der Waals surface area (Å²) in [5.41, 5.74) is 2.07. The summed E-state index contributed by atoms with van der Waals surface area (Å²) in [6.07, 6.45) is 0. The Balaban J connectivity index is 1.95. The van der Waals surface area contributed by atoms with Gasteiger partial charge in [-0.25, -0.2) is 0 Å². The van der Waals surface area contributed by atoms with Gasteiger partial charge in [0.15, 0.2) is 0 Å². The largest absolute Gasteiger partial charge is 0.324 e. The van der Waals surface area contributed by atoms with Crippen molar-refractivity contribution in [3.05, 3.63) is 63.7 Å². The first-order chi connectivity index (χ1) is 10.6. The molecule has 22 heavy (non-hydrogen) atoms.